The van der Waals surface area contributed by atoms with Crippen LogP contribution in [0.5, 0.6) is 0 Å². The van der Waals surface area contributed by atoms with E-state index in [1.165, 1.54) is 0 Å². The molecule has 7 heteroatoms. The Labute approximate surface area is 161 Å². The molecule has 0 saturated carbocycles. The molecule has 1 aromatic heterocycles. The average Bonchev–Trinajstić information content (AvgIpc) is 3.07. The molecular weight excluding hydrogens is 370 g/mol. The third-order valence-electron chi connectivity index (χ3n) is 3.63. The van der Waals surface area contributed by atoms with Crippen LogP contribution in [0.25, 0.3) is 0 Å². The lowest BCUT2D eigenvalue weighted by Gasteiger charge is -2.06. The van der Waals surface area contributed by atoms with Gasteiger partial charge in [0.15, 0.2) is 5.82 Å². The highest BCUT2D eigenvalue weighted by molar-refractivity contribution is 7.98. The van der Waals surface area contributed by atoms with E-state index < -0.39 is 0 Å². The van der Waals surface area contributed by atoms with Gasteiger partial charge in [0.1, 0.15) is 0 Å². The number of rotatable bonds is 7. The Kier molecular flexibility index (Phi) is 6.30. The Morgan fingerprint density at radius 2 is 1.88 bits per heavy atom. The number of aryl methyl sites for hydroxylation is 1. The Hall–Kier alpha value is -2.31. The number of hydrogen-bond acceptors (Lipinski definition) is 5. The number of carbonyl (C=O) groups excluding carboxylic acids is 1. The zero-order valence-corrected chi connectivity index (χ0v) is 15.8. The molecular formula is C19H18ClN3O2S. The molecule has 0 fully saturated rings. The van der Waals surface area contributed by atoms with Crippen LogP contribution in [-0.4, -0.2) is 22.6 Å². The van der Waals surface area contributed by atoms with E-state index in [0.717, 1.165) is 21.2 Å². The standard InChI is InChI=1S/C19H18ClN3O2S/c1-13-22-18(25-23-13)10-11-21-19(24)15-4-2-14(3-5-15)12-26-17-8-6-16(20)7-9-17/h2-9H,10-12H2,1H3,(H,21,24). The summed E-state index contributed by atoms with van der Waals surface area (Å²) in [4.78, 5) is 17.4. The van der Waals surface area contributed by atoms with Crippen molar-refractivity contribution in [3.63, 3.8) is 0 Å². The molecule has 2 aromatic carbocycles. The SMILES string of the molecule is Cc1noc(CCNC(=O)c2ccc(CSc3ccc(Cl)cc3)cc2)n1. The topological polar surface area (TPSA) is 68.0 Å². The van der Waals surface area contributed by atoms with Crippen LogP contribution in [0.1, 0.15) is 27.6 Å². The monoisotopic (exact) mass is 387 g/mol. The summed E-state index contributed by atoms with van der Waals surface area (Å²) in [6.07, 6.45) is 0.516. The predicted molar refractivity (Wildman–Crippen MR) is 103 cm³/mol. The van der Waals surface area contributed by atoms with Gasteiger partial charge in [-0.3, -0.25) is 4.79 Å². The lowest BCUT2D eigenvalue weighted by molar-refractivity contribution is 0.0953. The summed E-state index contributed by atoms with van der Waals surface area (Å²) in [6.45, 7) is 2.22. The zero-order chi connectivity index (χ0) is 18.4. The minimum Gasteiger partial charge on any atom is -0.352 e. The molecule has 134 valence electrons. The van der Waals surface area contributed by atoms with Crippen LogP contribution in [0.15, 0.2) is 57.9 Å². The van der Waals surface area contributed by atoms with Crippen molar-refractivity contribution in [3.05, 3.63) is 76.4 Å². The summed E-state index contributed by atoms with van der Waals surface area (Å²) < 4.78 is 5.02. The highest BCUT2D eigenvalue weighted by Gasteiger charge is 2.07. The molecule has 0 aliphatic rings. The Morgan fingerprint density at radius 3 is 2.54 bits per heavy atom. The fraction of sp³-hybridized carbons (Fsp3) is 0.211. The summed E-state index contributed by atoms with van der Waals surface area (Å²) in [6, 6.07) is 15.4. The number of hydrogen-bond donors (Lipinski definition) is 1. The van der Waals surface area contributed by atoms with Crippen molar-refractivity contribution < 1.29 is 9.32 Å². The molecule has 0 saturated heterocycles. The van der Waals surface area contributed by atoms with Gasteiger partial charge in [-0.05, 0) is 48.9 Å². The Morgan fingerprint density at radius 1 is 1.15 bits per heavy atom. The Balaban J connectivity index is 1.46. The number of amides is 1. The number of nitrogens with one attached hydrogen (secondary N) is 1. The van der Waals surface area contributed by atoms with Crippen LogP contribution < -0.4 is 5.32 Å². The van der Waals surface area contributed by atoms with Gasteiger partial charge < -0.3 is 9.84 Å². The van der Waals surface area contributed by atoms with Crippen molar-refractivity contribution in [3.8, 4) is 0 Å². The number of thioether (sulfide) groups is 1. The number of nitrogens with zero attached hydrogens (tertiary/aromatic N) is 2. The average molecular weight is 388 g/mol. The molecule has 1 N–H and O–H groups in total. The maximum Gasteiger partial charge on any atom is 0.251 e. The van der Waals surface area contributed by atoms with Crippen molar-refractivity contribution in [2.45, 2.75) is 24.0 Å². The van der Waals surface area contributed by atoms with Crippen molar-refractivity contribution >= 4 is 29.3 Å². The van der Waals surface area contributed by atoms with Gasteiger partial charge in [0.25, 0.3) is 5.91 Å². The molecule has 0 spiro atoms. The lowest BCUT2D eigenvalue weighted by Crippen LogP contribution is -2.25. The molecule has 5 nitrogen and oxygen atoms in total. The second-order valence-corrected chi connectivity index (χ2v) is 7.17. The van der Waals surface area contributed by atoms with E-state index in [1.807, 2.05) is 48.5 Å². The molecule has 3 rings (SSSR count). The molecule has 1 amide bonds. The smallest absolute Gasteiger partial charge is 0.251 e. The van der Waals surface area contributed by atoms with Crippen LogP contribution in [-0.2, 0) is 12.2 Å². The normalized spacial score (nSPS) is 10.7. The molecule has 0 aliphatic carbocycles. The number of benzene rings is 2. The van der Waals surface area contributed by atoms with Gasteiger partial charge in [-0.15, -0.1) is 11.8 Å². The molecule has 0 unspecified atom stereocenters. The van der Waals surface area contributed by atoms with Crippen molar-refractivity contribution in [2.75, 3.05) is 6.54 Å². The van der Waals surface area contributed by atoms with Gasteiger partial charge in [-0.25, -0.2) is 0 Å². The van der Waals surface area contributed by atoms with E-state index in [2.05, 4.69) is 15.5 Å². The van der Waals surface area contributed by atoms with Gasteiger partial charge in [0, 0.05) is 34.2 Å². The highest BCUT2D eigenvalue weighted by Crippen LogP contribution is 2.24. The third-order valence-corrected chi connectivity index (χ3v) is 4.96. The van der Waals surface area contributed by atoms with E-state index in [4.69, 9.17) is 16.1 Å². The first-order chi connectivity index (χ1) is 12.6. The number of aromatic nitrogens is 2. The molecule has 0 aliphatic heterocycles. The van der Waals surface area contributed by atoms with E-state index in [-0.39, 0.29) is 5.91 Å². The second kappa shape index (κ2) is 8.87. The predicted octanol–water partition coefficient (Wildman–Crippen LogP) is 4.30. The van der Waals surface area contributed by atoms with Gasteiger partial charge in [-0.1, -0.05) is 28.9 Å². The van der Waals surface area contributed by atoms with Crippen LogP contribution in [0.4, 0.5) is 0 Å². The minimum absolute atomic E-state index is 0.113. The van der Waals surface area contributed by atoms with E-state index in [1.54, 1.807) is 18.7 Å². The van der Waals surface area contributed by atoms with E-state index in [9.17, 15) is 4.79 Å². The van der Waals surface area contributed by atoms with Gasteiger partial charge in [-0.2, -0.15) is 4.98 Å². The summed E-state index contributed by atoms with van der Waals surface area (Å²) in [7, 11) is 0. The van der Waals surface area contributed by atoms with Gasteiger partial charge in [0.2, 0.25) is 5.89 Å². The second-order valence-electron chi connectivity index (χ2n) is 5.68. The van der Waals surface area contributed by atoms with Crippen LogP contribution in [0, 0.1) is 6.92 Å². The lowest BCUT2D eigenvalue weighted by atomic mass is 10.1. The molecule has 0 atom stereocenters. The minimum atomic E-state index is -0.113. The summed E-state index contributed by atoms with van der Waals surface area (Å²) in [5.41, 5.74) is 1.79. The van der Waals surface area contributed by atoms with E-state index in [0.29, 0.717) is 30.2 Å². The quantitative estimate of drug-likeness (QED) is 0.612. The molecule has 1 heterocycles. The first-order valence-corrected chi connectivity index (χ1v) is 9.51. The number of carbonyl (C=O) groups is 1. The van der Waals surface area contributed by atoms with Crippen LogP contribution in [0.2, 0.25) is 5.02 Å². The first-order valence-electron chi connectivity index (χ1n) is 8.15. The van der Waals surface area contributed by atoms with Gasteiger partial charge >= 0.3 is 0 Å². The van der Waals surface area contributed by atoms with Crippen LogP contribution >= 0.6 is 23.4 Å². The fourth-order valence-corrected chi connectivity index (χ4v) is 3.26. The highest BCUT2D eigenvalue weighted by atomic mass is 35.5. The van der Waals surface area contributed by atoms with Crippen molar-refractivity contribution in [2.24, 2.45) is 0 Å². The zero-order valence-electron chi connectivity index (χ0n) is 14.2. The Bertz CT molecular complexity index is 863. The fourth-order valence-electron chi connectivity index (χ4n) is 2.28. The third kappa shape index (κ3) is 5.34. The largest absolute Gasteiger partial charge is 0.352 e. The van der Waals surface area contributed by atoms with E-state index >= 15 is 0 Å². The van der Waals surface area contributed by atoms with Crippen LogP contribution in [0.3, 0.4) is 0 Å². The maximum absolute atomic E-state index is 12.2. The molecule has 3 aromatic rings. The molecule has 26 heavy (non-hydrogen) atoms. The molecule has 0 radical (unpaired) electrons. The van der Waals surface area contributed by atoms with Gasteiger partial charge in [0.05, 0.1) is 0 Å². The summed E-state index contributed by atoms with van der Waals surface area (Å²) in [5.74, 6) is 1.84. The van der Waals surface area contributed by atoms with Crippen molar-refractivity contribution in [1.82, 2.24) is 15.5 Å². The van der Waals surface area contributed by atoms with Crippen molar-refractivity contribution in [1.29, 1.82) is 0 Å². The first kappa shape index (κ1) is 18.5. The summed E-state index contributed by atoms with van der Waals surface area (Å²) >= 11 is 7.62. The maximum atomic E-state index is 12.2. The summed E-state index contributed by atoms with van der Waals surface area (Å²) in [5, 5.41) is 7.31. The number of halogens is 1. The molecule has 0 bridgehead atoms.